The van der Waals surface area contributed by atoms with E-state index >= 15 is 0 Å². The third-order valence-corrected chi connectivity index (χ3v) is 4.62. The fourth-order valence-electron chi connectivity index (χ4n) is 2.86. The molecule has 0 spiro atoms. The van der Waals surface area contributed by atoms with Crippen molar-refractivity contribution in [2.24, 2.45) is 0 Å². The van der Waals surface area contributed by atoms with Crippen LogP contribution in [-0.2, 0) is 17.8 Å². The van der Waals surface area contributed by atoms with E-state index in [1.807, 2.05) is 42.5 Å². The van der Waals surface area contributed by atoms with Gasteiger partial charge in [-0.2, -0.15) is 0 Å². The van der Waals surface area contributed by atoms with E-state index in [2.05, 4.69) is 5.32 Å². The molecule has 0 aliphatic carbocycles. The zero-order chi connectivity index (χ0) is 23.3. The van der Waals surface area contributed by atoms with E-state index in [9.17, 15) is 10.2 Å². The molecule has 0 amide bonds. The molecule has 0 bridgehead atoms. The SMILES string of the molecule is CC(=O)O.[Na+].[O-]c1cccc(COc2ccc(CCNC[C@H](O)c3cccc(Cl)c3)cc2)c1. The van der Waals surface area contributed by atoms with Crippen molar-refractivity contribution < 1.29 is 54.4 Å². The van der Waals surface area contributed by atoms with Crippen molar-refractivity contribution in [3.63, 3.8) is 0 Å². The minimum absolute atomic E-state index is 0. The van der Waals surface area contributed by atoms with Crippen molar-refractivity contribution in [2.75, 3.05) is 13.1 Å². The van der Waals surface area contributed by atoms with Crippen LogP contribution in [0.15, 0.2) is 72.8 Å². The van der Waals surface area contributed by atoms with Crippen LogP contribution >= 0.6 is 11.6 Å². The molecule has 170 valence electrons. The first-order valence-corrected chi connectivity index (χ1v) is 10.5. The Kier molecular flexibility index (Phi) is 13.8. The summed E-state index contributed by atoms with van der Waals surface area (Å²) in [5.74, 6) is -0.0752. The summed E-state index contributed by atoms with van der Waals surface area (Å²) in [6.45, 7) is 2.69. The molecule has 1 atom stereocenters. The van der Waals surface area contributed by atoms with Gasteiger partial charge in [0.2, 0.25) is 0 Å². The fourth-order valence-corrected chi connectivity index (χ4v) is 3.06. The van der Waals surface area contributed by atoms with Crippen LogP contribution in [0.1, 0.15) is 29.7 Å². The number of benzene rings is 3. The number of halogens is 1. The molecule has 0 saturated heterocycles. The van der Waals surface area contributed by atoms with Crippen LogP contribution < -0.4 is 44.7 Å². The van der Waals surface area contributed by atoms with Crippen molar-refractivity contribution in [3.05, 3.63) is 94.5 Å². The molecule has 8 heteroatoms. The van der Waals surface area contributed by atoms with Gasteiger partial charge in [0.15, 0.2) is 0 Å². The van der Waals surface area contributed by atoms with E-state index in [1.54, 1.807) is 24.3 Å². The molecule has 0 saturated carbocycles. The molecular formula is C25H27ClNNaO5. The number of carbonyl (C=O) groups is 1. The number of nitrogens with one attached hydrogen (secondary N) is 1. The normalized spacial score (nSPS) is 10.9. The van der Waals surface area contributed by atoms with E-state index in [0.29, 0.717) is 18.2 Å². The first-order valence-electron chi connectivity index (χ1n) is 10.1. The minimum Gasteiger partial charge on any atom is -0.872 e. The van der Waals surface area contributed by atoms with Gasteiger partial charge in [0.05, 0.1) is 6.10 Å². The van der Waals surface area contributed by atoms with Crippen molar-refractivity contribution in [3.8, 4) is 11.5 Å². The van der Waals surface area contributed by atoms with Gasteiger partial charge in [0, 0.05) is 18.5 Å². The maximum Gasteiger partial charge on any atom is 1.00 e. The summed E-state index contributed by atoms with van der Waals surface area (Å²) in [4.78, 5) is 9.00. The Morgan fingerprint density at radius 1 is 1.06 bits per heavy atom. The van der Waals surface area contributed by atoms with Gasteiger partial charge in [-0.25, -0.2) is 0 Å². The molecular weight excluding hydrogens is 453 g/mol. The molecule has 0 unspecified atom stereocenters. The van der Waals surface area contributed by atoms with Crippen LogP contribution in [0.4, 0.5) is 0 Å². The van der Waals surface area contributed by atoms with Gasteiger partial charge in [0.25, 0.3) is 5.97 Å². The first-order chi connectivity index (χ1) is 15.3. The number of carboxylic acid groups (broad SMARTS) is 1. The van der Waals surface area contributed by atoms with Crippen molar-refractivity contribution in [1.29, 1.82) is 0 Å². The largest absolute Gasteiger partial charge is 1.00 e. The van der Waals surface area contributed by atoms with E-state index in [1.165, 1.54) is 11.6 Å². The average Bonchev–Trinajstić information content (AvgIpc) is 2.75. The molecule has 0 aliphatic heterocycles. The Hall–Kier alpha value is -2.06. The fraction of sp³-hybridized carbons (Fsp3) is 0.240. The quantitative estimate of drug-likeness (QED) is 0.312. The van der Waals surface area contributed by atoms with Crippen LogP contribution in [0.2, 0.25) is 5.02 Å². The molecule has 33 heavy (non-hydrogen) atoms. The van der Waals surface area contributed by atoms with Crippen LogP contribution in [-0.4, -0.2) is 29.3 Å². The molecule has 3 rings (SSSR count). The van der Waals surface area contributed by atoms with Gasteiger partial charge in [0.1, 0.15) is 12.4 Å². The summed E-state index contributed by atoms with van der Waals surface area (Å²) in [7, 11) is 0. The number of carboxylic acids is 1. The second-order valence-corrected chi connectivity index (χ2v) is 7.56. The second-order valence-electron chi connectivity index (χ2n) is 7.12. The van der Waals surface area contributed by atoms with Crippen molar-refractivity contribution in [1.82, 2.24) is 5.32 Å². The molecule has 6 nitrogen and oxygen atoms in total. The summed E-state index contributed by atoms with van der Waals surface area (Å²) in [6.07, 6.45) is 0.267. The van der Waals surface area contributed by atoms with Gasteiger partial charge >= 0.3 is 29.6 Å². The average molecular weight is 480 g/mol. The molecule has 0 aromatic heterocycles. The van der Waals surface area contributed by atoms with Crippen LogP contribution in [0.3, 0.4) is 0 Å². The molecule has 0 aliphatic rings. The predicted octanol–water partition coefficient (Wildman–Crippen LogP) is 0.953. The maximum atomic E-state index is 11.3. The number of hydrogen-bond donors (Lipinski definition) is 3. The zero-order valence-electron chi connectivity index (χ0n) is 18.8. The monoisotopic (exact) mass is 479 g/mol. The minimum atomic E-state index is -0.833. The van der Waals surface area contributed by atoms with E-state index in [-0.39, 0.29) is 35.3 Å². The Balaban J connectivity index is 0.00000101. The second kappa shape index (κ2) is 15.7. The first kappa shape index (κ1) is 29.0. The van der Waals surface area contributed by atoms with Gasteiger partial charge < -0.3 is 25.4 Å². The van der Waals surface area contributed by atoms with Crippen LogP contribution in [0, 0.1) is 0 Å². The third-order valence-electron chi connectivity index (χ3n) is 4.39. The standard InChI is InChI=1S/C23H24ClNO3.C2H4O2.Na/c24-20-5-2-4-19(14-20)23(27)15-25-12-11-17-7-9-22(10-8-17)28-16-18-3-1-6-21(26)13-18;1-2(3)4;/h1-10,13-14,23,25-27H,11-12,15-16H2;1H3,(H,3,4);/q;;+1/p-1/t23-;;/m0../s1. The number of aliphatic hydroxyl groups excluding tert-OH is 1. The zero-order valence-corrected chi connectivity index (χ0v) is 21.6. The predicted molar refractivity (Wildman–Crippen MR) is 123 cm³/mol. The molecule has 3 aromatic carbocycles. The van der Waals surface area contributed by atoms with Crippen molar-refractivity contribution in [2.45, 2.75) is 26.1 Å². The summed E-state index contributed by atoms with van der Waals surface area (Å²) in [6, 6.07) is 21.9. The van der Waals surface area contributed by atoms with Crippen LogP contribution in [0.25, 0.3) is 0 Å². The molecule has 0 heterocycles. The summed E-state index contributed by atoms with van der Waals surface area (Å²) < 4.78 is 5.72. The van der Waals surface area contributed by atoms with E-state index in [4.69, 9.17) is 26.2 Å². The number of ether oxygens (including phenoxy) is 1. The Bertz CT molecular complexity index is 981. The molecule has 0 radical (unpaired) electrons. The van der Waals surface area contributed by atoms with Gasteiger partial charge in [-0.05, 0) is 53.9 Å². The number of hydrogen-bond acceptors (Lipinski definition) is 5. The third kappa shape index (κ3) is 12.1. The molecule has 0 fully saturated rings. The number of rotatable bonds is 9. The Labute approximate surface area is 221 Å². The van der Waals surface area contributed by atoms with Gasteiger partial charge in [-0.3, -0.25) is 4.79 Å². The smallest absolute Gasteiger partial charge is 0.872 e. The summed E-state index contributed by atoms with van der Waals surface area (Å²) in [5.41, 5.74) is 2.85. The van der Waals surface area contributed by atoms with Gasteiger partial charge in [-0.1, -0.05) is 60.1 Å². The van der Waals surface area contributed by atoms with Gasteiger partial charge in [-0.15, -0.1) is 5.75 Å². The Morgan fingerprint density at radius 2 is 1.73 bits per heavy atom. The molecule has 3 aromatic rings. The summed E-state index contributed by atoms with van der Waals surface area (Å²) in [5, 5.41) is 32.8. The molecule has 3 N–H and O–H groups in total. The topological polar surface area (TPSA) is 102 Å². The van der Waals surface area contributed by atoms with E-state index < -0.39 is 12.1 Å². The number of aliphatic carboxylic acids is 1. The number of aliphatic hydroxyl groups is 1. The van der Waals surface area contributed by atoms with Crippen molar-refractivity contribution >= 4 is 17.6 Å². The van der Waals surface area contributed by atoms with E-state index in [0.717, 1.165) is 36.8 Å². The maximum absolute atomic E-state index is 11.3. The van der Waals surface area contributed by atoms with Crippen LogP contribution in [0.5, 0.6) is 11.5 Å². The summed E-state index contributed by atoms with van der Waals surface area (Å²) >= 11 is 5.95. The Morgan fingerprint density at radius 3 is 2.36 bits per heavy atom.